The number of hydrogen-bond donors (Lipinski definition) is 2. The Kier molecular flexibility index (Phi) is 4.65. The normalized spacial score (nSPS) is 16.0. The van der Waals surface area contributed by atoms with Crippen molar-refractivity contribution in [1.29, 1.82) is 0 Å². The lowest BCUT2D eigenvalue weighted by Crippen LogP contribution is -2.39. The van der Waals surface area contributed by atoms with Gasteiger partial charge in [-0.25, -0.2) is 0 Å². The first kappa shape index (κ1) is 16.6. The van der Waals surface area contributed by atoms with Gasteiger partial charge in [0.1, 0.15) is 17.9 Å². The van der Waals surface area contributed by atoms with Gasteiger partial charge in [-0.1, -0.05) is 12.1 Å². The third kappa shape index (κ3) is 4.91. The molecule has 1 aliphatic rings. The number of carbonyl (C=O) groups excluding carboxylic acids is 1. The molecule has 0 spiro atoms. The van der Waals surface area contributed by atoms with E-state index in [4.69, 9.17) is 4.74 Å². The number of carbonyl (C=O) groups is 1. The number of benzene rings is 1. The van der Waals surface area contributed by atoms with Crippen LogP contribution in [0.15, 0.2) is 18.2 Å². The SMILES string of the molecule is CC1(C)Cc2cc(CNCC(=O)NCC(F)(F)F)ccc2O1. The molecule has 2 N–H and O–H groups in total. The van der Waals surface area contributed by atoms with E-state index in [1.165, 1.54) is 0 Å². The summed E-state index contributed by atoms with van der Waals surface area (Å²) in [5.74, 6) is 0.180. The monoisotopic (exact) mass is 316 g/mol. The van der Waals surface area contributed by atoms with Crippen LogP contribution in [-0.4, -0.2) is 30.8 Å². The summed E-state index contributed by atoms with van der Waals surface area (Å²) in [5, 5.41) is 4.64. The average Bonchev–Trinajstić information content (AvgIpc) is 2.68. The quantitative estimate of drug-likeness (QED) is 0.875. The molecule has 0 unspecified atom stereocenters. The first-order chi connectivity index (χ1) is 10.1. The maximum atomic E-state index is 11.9. The lowest BCUT2D eigenvalue weighted by Gasteiger charge is -2.16. The van der Waals surface area contributed by atoms with Crippen molar-refractivity contribution >= 4 is 5.91 Å². The summed E-state index contributed by atoms with van der Waals surface area (Å²) in [6.07, 6.45) is -3.58. The Balaban J connectivity index is 1.78. The van der Waals surface area contributed by atoms with Crippen molar-refractivity contribution in [1.82, 2.24) is 10.6 Å². The highest BCUT2D eigenvalue weighted by Crippen LogP contribution is 2.35. The summed E-state index contributed by atoms with van der Waals surface area (Å²) in [7, 11) is 0. The van der Waals surface area contributed by atoms with Gasteiger partial charge in [-0.2, -0.15) is 13.2 Å². The second-order valence-electron chi connectivity index (χ2n) is 5.98. The van der Waals surface area contributed by atoms with Crippen LogP contribution in [0.5, 0.6) is 5.75 Å². The van der Waals surface area contributed by atoms with Gasteiger partial charge < -0.3 is 15.4 Å². The molecule has 7 heteroatoms. The molecule has 0 aromatic heterocycles. The van der Waals surface area contributed by atoms with Gasteiger partial charge in [0.2, 0.25) is 5.91 Å². The van der Waals surface area contributed by atoms with E-state index in [1.807, 2.05) is 37.4 Å². The summed E-state index contributed by atoms with van der Waals surface area (Å²) >= 11 is 0. The number of nitrogens with one attached hydrogen (secondary N) is 2. The van der Waals surface area contributed by atoms with Crippen molar-refractivity contribution in [2.75, 3.05) is 13.1 Å². The first-order valence-corrected chi connectivity index (χ1v) is 7.00. The standard InChI is InChI=1S/C15H19F3N2O2/c1-14(2)6-11-5-10(3-4-12(11)22-14)7-19-8-13(21)20-9-15(16,17)18/h3-5,19H,6-9H2,1-2H3,(H,20,21). The van der Waals surface area contributed by atoms with Gasteiger partial charge in [-0.05, 0) is 31.0 Å². The third-order valence-electron chi connectivity index (χ3n) is 3.23. The van der Waals surface area contributed by atoms with Crippen molar-refractivity contribution in [2.24, 2.45) is 0 Å². The first-order valence-electron chi connectivity index (χ1n) is 7.00. The highest BCUT2D eigenvalue weighted by atomic mass is 19.4. The molecule has 1 aromatic rings. The molecule has 0 radical (unpaired) electrons. The molecule has 0 atom stereocenters. The third-order valence-corrected chi connectivity index (χ3v) is 3.23. The van der Waals surface area contributed by atoms with E-state index in [1.54, 1.807) is 0 Å². The van der Waals surface area contributed by atoms with E-state index >= 15 is 0 Å². The zero-order chi connectivity index (χ0) is 16.4. The van der Waals surface area contributed by atoms with Crippen LogP contribution in [0.4, 0.5) is 13.2 Å². The van der Waals surface area contributed by atoms with Gasteiger partial charge in [0.15, 0.2) is 0 Å². The van der Waals surface area contributed by atoms with E-state index < -0.39 is 18.6 Å². The van der Waals surface area contributed by atoms with Gasteiger partial charge in [0.05, 0.1) is 6.54 Å². The average molecular weight is 316 g/mol. The molecule has 2 rings (SSSR count). The molecule has 0 saturated heterocycles. The molecule has 22 heavy (non-hydrogen) atoms. The molecule has 122 valence electrons. The molecule has 1 aliphatic heterocycles. The van der Waals surface area contributed by atoms with Crippen LogP contribution in [0.1, 0.15) is 25.0 Å². The maximum absolute atomic E-state index is 11.9. The van der Waals surface area contributed by atoms with Gasteiger partial charge in [-0.15, -0.1) is 0 Å². The number of amides is 1. The van der Waals surface area contributed by atoms with Crippen LogP contribution >= 0.6 is 0 Å². The van der Waals surface area contributed by atoms with Gasteiger partial charge >= 0.3 is 6.18 Å². The number of hydrogen-bond acceptors (Lipinski definition) is 3. The number of halogens is 3. The Morgan fingerprint density at radius 2 is 2.09 bits per heavy atom. The summed E-state index contributed by atoms with van der Waals surface area (Å²) in [6.45, 7) is 2.97. The smallest absolute Gasteiger partial charge is 0.405 e. The highest BCUT2D eigenvalue weighted by Gasteiger charge is 2.30. The van der Waals surface area contributed by atoms with Crippen LogP contribution < -0.4 is 15.4 Å². The van der Waals surface area contributed by atoms with E-state index in [0.29, 0.717) is 6.54 Å². The van der Waals surface area contributed by atoms with Crippen LogP contribution in [0, 0.1) is 0 Å². The molecular formula is C15H19F3N2O2. The van der Waals surface area contributed by atoms with Gasteiger partial charge in [0, 0.05) is 13.0 Å². The zero-order valence-electron chi connectivity index (χ0n) is 12.5. The van der Waals surface area contributed by atoms with Gasteiger partial charge in [0.25, 0.3) is 0 Å². The van der Waals surface area contributed by atoms with Crippen molar-refractivity contribution < 1.29 is 22.7 Å². The number of ether oxygens (including phenoxy) is 1. The fraction of sp³-hybridized carbons (Fsp3) is 0.533. The predicted octanol–water partition coefficient (Wildman–Crippen LogP) is 2.17. The lowest BCUT2D eigenvalue weighted by molar-refractivity contribution is -0.137. The molecule has 0 bridgehead atoms. The van der Waals surface area contributed by atoms with E-state index in [-0.39, 0.29) is 12.1 Å². The van der Waals surface area contributed by atoms with Crippen molar-refractivity contribution in [3.63, 3.8) is 0 Å². The Bertz CT molecular complexity index is 556. The zero-order valence-corrected chi connectivity index (χ0v) is 12.5. The lowest BCUT2D eigenvalue weighted by atomic mass is 10.0. The van der Waals surface area contributed by atoms with Crippen LogP contribution in [0.3, 0.4) is 0 Å². The topological polar surface area (TPSA) is 50.4 Å². The summed E-state index contributed by atoms with van der Waals surface area (Å²) < 4.78 is 41.6. The van der Waals surface area contributed by atoms with Crippen molar-refractivity contribution in [2.45, 2.75) is 38.6 Å². The molecule has 4 nitrogen and oxygen atoms in total. The Hall–Kier alpha value is -1.76. The van der Waals surface area contributed by atoms with E-state index in [0.717, 1.165) is 23.3 Å². The second-order valence-corrected chi connectivity index (χ2v) is 5.98. The minimum Gasteiger partial charge on any atom is -0.487 e. The number of fused-ring (bicyclic) bond motifs is 1. The Morgan fingerprint density at radius 1 is 1.36 bits per heavy atom. The van der Waals surface area contributed by atoms with Crippen LogP contribution in [0.2, 0.25) is 0 Å². The Labute approximate surface area is 127 Å². The number of alkyl halides is 3. The van der Waals surface area contributed by atoms with E-state index in [2.05, 4.69) is 5.32 Å². The van der Waals surface area contributed by atoms with E-state index in [9.17, 15) is 18.0 Å². The van der Waals surface area contributed by atoms with Gasteiger partial charge in [-0.3, -0.25) is 4.79 Å². The molecule has 0 aliphatic carbocycles. The summed E-state index contributed by atoms with van der Waals surface area (Å²) in [6, 6.07) is 5.75. The molecule has 1 aromatic carbocycles. The molecule has 0 saturated carbocycles. The highest BCUT2D eigenvalue weighted by molar-refractivity contribution is 5.78. The summed E-state index contributed by atoms with van der Waals surface area (Å²) in [5.41, 5.74) is 1.85. The fourth-order valence-electron chi connectivity index (χ4n) is 2.35. The predicted molar refractivity (Wildman–Crippen MR) is 75.6 cm³/mol. The van der Waals surface area contributed by atoms with Crippen molar-refractivity contribution in [3.05, 3.63) is 29.3 Å². The molecule has 1 amide bonds. The largest absolute Gasteiger partial charge is 0.487 e. The molecular weight excluding hydrogens is 297 g/mol. The minimum absolute atomic E-state index is 0.158. The second kappa shape index (κ2) is 6.16. The Morgan fingerprint density at radius 3 is 2.77 bits per heavy atom. The number of rotatable bonds is 5. The summed E-state index contributed by atoms with van der Waals surface area (Å²) in [4.78, 5) is 11.3. The molecule has 0 fully saturated rings. The van der Waals surface area contributed by atoms with Crippen molar-refractivity contribution in [3.8, 4) is 5.75 Å². The maximum Gasteiger partial charge on any atom is 0.405 e. The minimum atomic E-state index is -4.39. The fourth-order valence-corrected chi connectivity index (χ4v) is 2.35. The van der Waals surface area contributed by atoms with Crippen LogP contribution in [0.25, 0.3) is 0 Å². The van der Waals surface area contributed by atoms with Crippen LogP contribution in [-0.2, 0) is 17.8 Å². The molecule has 1 heterocycles.